The molecule has 0 amide bonds. The highest BCUT2D eigenvalue weighted by Gasteiger charge is 2.21. The van der Waals surface area contributed by atoms with Gasteiger partial charge in [-0.15, -0.1) is 0 Å². The lowest BCUT2D eigenvalue weighted by Crippen LogP contribution is -2.42. The van der Waals surface area contributed by atoms with Crippen LogP contribution in [0.4, 0.5) is 5.82 Å². The van der Waals surface area contributed by atoms with Crippen molar-refractivity contribution in [3.8, 4) is 0 Å². The monoisotopic (exact) mass is 235 g/mol. The van der Waals surface area contributed by atoms with Gasteiger partial charge in [-0.05, 0) is 25.0 Å². The highest BCUT2D eigenvalue weighted by Crippen LogP contribution is 2.20. The van der Waals surface area contributed by atoms with Crippen molar-refractivity contribution in [2.24, 2.45) is 5.73 Å². The standard InChI is InChI=1S/C12H17N3O2/c13-9-3-1-2-4-10(9)15-11-6-5-8(7-14-11)12(16)17/h5-7,9-10H,1-4,13H2,(H,14,15)(H,16,17). The van der Waals surface area contributed by atoms with Crippen LogP contribution in [0.2, 0.25) is 0 Å². The Balaban J connectivity index is 2.00. The molecule has 2 atom stereocenters. The van der Waals surface area contributed by atoms with Gasteiger partial charge in [-0.25, -0.2) is 9.78 Å². The van der Waals surface area contributed by atoms with Crippen molar-refractivity contribution in [2.45, 2.75) is 37.8 Å². The first-order valence-corrected chi connectivity index (χ1v) is 5.88. The van der Waals surface area contributed by atoms with Gasteiger partial charge >= 0.3 is 5.97 Å². The topological polar surface area (TPSA) is 88.2 Å². The largest absolute Gasteiger partial charge is 0.478 e. The Bertz CT molecular complexity index is 391. The molecule has 0 aliphatic heterocycles. The average molecular weight is 235 g/mol. The van der Waals surface area contributed by atoms with Crippen LogP contribution in [0.3, 0.4) is 0 Å². The first-order valence-electron chi connectivity index (χ1n) is 5.88. The van der Waals surface area contributed by atoms with Crippen LogP contribution in [0.5, 0.6) is 0 Å². The van der Waals surface area contributed by atoms with Gasteiger partial charge in [0.1, 0.15) is 5.82 Å². The molecule has 0 radical (unpaired) electrons. The Morgan fingerprint density at radius 3 is 2.76 bits per heavy atom. The Hall–Kier alpha value is -1.62. The van der Waals surface area contributed by atoms with Gasteiger partial charge in [0.25, 0.3) is 0 Å². The van der Waals surface area contributed by atoms with E-state index in [0.717, 1.165) is 12.8 Å². The highest BCUT2D eigenvalue weighted by atomic mass is 16.4. The number of anilines is 1. The smallest absolute Gasteiger partial charge is 0.337 e. The Kier molecular flexibility index (Phi) is 3.58. The van der Waals surface area contributed by atoms with Crippen molar-refractivity contribution in [1.82, 2.24) is 4.98 Å². The fourth-order valence-electron chi connectivity index (χ4n) is 2.13. The van der Waals surface area contributed by atoms with Crippen LogP contribution in [0.1, 0.15) is 36.0 Å². The zero-order valence-electron chi connectivity index (χ0n) is 9.60. The maximum Gasteiger partial charge on any atom is 0.337 e. The average Bonchev–Trinajstić information content (AvgIpc) is 2.33. The molecule has 1 aromatic rings. The summed E-state index contributed by atoms with van der Waals surface area (Å²) >= 11 is 0. The zero-order valence-corrected chi connectivity index (χ0v) is 9.60. The summed E-state index contributed by atoms with van der Waals surface area (Å²) in [5, 5.41) is 12.0. The number of rotatable bonds is 3. The van der Waals surface area contributed by atoms with E-state index in [-0.39, 0.29) is 17.6 Å². The lowest BCUT2D eigenvalue weighted by molar-refractivity contribution is 0.0696. The van der Waals surface area contributed by atoms with E-state index in [1.54, 1.807) is 12.1 Å². The predicted octanol–water partition coefficient (Wildman–Crippen LogP) is 1.46. The molecule has 4 N–H and O–H groups in total. The summed E-state index contributed by atoms with van der Waals surface area (Å²) in [5.74, 6) is -0.268. The predicted molar refractivity (Wildman–Crippen MR) is 65.1 cm³/mol. The maximum absolute atomic E-state index is 10.7. The molecular formula is C12H17N3O2. The number of pyridine rings is 1. The maximum atomic E-state index is 10.7. The second-order valence-electron chi connectivity index (χ2n) is 4.44. The Morgan fingerprint density at radius 2 is 2.18 bits per heavy atom. The van der Waals surface area contributed by atoms with Gasteiger partial charge in [0.05, 0.1) is 5.56 Å². The number of hydrogen-bond donors (Lipinski definition) is 3. The number of nitrogens with one attached hydrogen (secondary N) is 1. The Labute approximate surface area is 100 Å². The summed E-state index contributed by atoms with van der Waals surface area (Å²) in [7, 11) is 0. The second kappa shape index (κ2) is 5.14. The number of nitrogens with zero attached hydrogens (tertiary/aromatic N) is 1. The van der Waals surface area contributed by atoms with Crippen LogP contribution in [0.25, 0.3) is 0 Å². The third-order valence-corrected chi connectivity index (χ3v) is 3.16. The molecular weight excluding hydrogens is 218 g/mol. The quantitative estimate of drug-likeness (QED) is 0.738. The molecule has 0 saturated heterocycles. The fraction of sp³-hybridized carbons (Fsp3) is 0.500. The molecule has 0 spiro atoms. The number of carboxylic acid groups (broad SMARTS) is 1. The highest BCUT2D eigenvalue weighted by molar-refractivity contribution is 5.87. The van der Waals surface area contributed by atoms with E-state index in [9.17, 15) is 4.79 Å². The van der Waals surface area contributed by atoms with Gasteiger partial charge < -0.3 is 16.2 Å². The molecule has 2 rings (SSSR count). The van der Waals surface area contributed by atoms with Crippen LogP contribution in [0, 0.1) is 0 Å². The van der Waals surface area contributed by atoms with Crippen molar-refractivity contribution >= 4 is 11.8 Å². The number of hydrogen-bond acceptors (Lipinski definition) is 4. The van der Waals surface area contributed by atoms with Gasteiger partial charge in [0, 0.05) is 18.3 Å². The molecule has 1 aliphatic carbocycles. The van der Waals surface area contributed by atoms with Gasteiger partial charge in [-0.2, -0.15) is 0 Å². The van der Waals surface area contributed by atoms with Crippen LogP contribution in [0.15, 0.2) is 18.3 Å². The van der Waals surface area contributed by atoms with Crippen LogP contribution >= 0.6 is 0 Å². The summed E-state index contributed by atoms with van der Waals surface area (Å²) in [6, 6.07) is 3.63. The molecule has 1 aliphatic rings. The van der Waals surface area contributed by atoms with Crippen molar-refractivity contribution in [1.29, 1.82) is 0 Å². The van der Waals surface area contributed by atoms with Gasteiger partial charge in [-0.3, -0.25) is 0 Å². The molecule has 5 nitrogen and oxygen atoms in total. The van der Waals surface area contributed by atoms with E-state index >= 15 is 0 Å². The first kappa shape index (κ1) is 11.9. The molecule has 1 aromatic heterocycles. The summed E-state index contributed by atoms with van der Waals surface area (Å²) in [6.07, 6.45) is 5.80. The van der Waals surface area contributed by atoms with Gasteiger partial charge in [0.15, 0.2) is 0 Å². The molecule has 2 unspecified atom stereocenters. The third kappa shape index (κ3) is 2.94. The van der Waals surface area contributed by atoms with Crippen LogP contribution < -0.4 is 11.1 Å². The van der Waals surface area contributed by atoms with E-state index in [4.69, 9.17) is 10.8 Å². The minimum atomic E-state index is -0.960. The van der Waals surface area contributed by atoms with E-state index in [0.29, 0.717) is 5.82 Å². The van der Waals surface area contributed by atoms with Crippen molar-refractivity contribution in [3.05, 3.63) is 23.9 Å². The van der Waals surface area contributed by atoms with Crippen LogP contribution in [-0.2, 0) is 0 Å². The van der Waals surface area contributed by atoms with Gasteiger partial charge in [0.2, 0.25) is 0 Å². The number of aromatic nitrogens is 1. The van der Waals surface area contributed by atoms with Crippen molar-refractivity contribution in [2.75, 3.05) is 5.32 Å². The molecule has 1 heterocycles. The third-order valence-electron chi connectivity index (χ3n) is 3.16. The molecule has 0 bridgehead atoms. The normalized spacial score (nSPS) is 24.3. The zero-order chi connectivity index (χ0) is 12.3. The number of nitrogens with two attached hydrogens (primary N) is 1. The molecule has 92 valence electrons. The molecule has 0 aromatic carbocycles. The number of aromatic carboxylic acids is 1. The summed E-state index contributed by atoms with van der Waals surface area (Å²) < 4.78 is 0. The molecule has 17 heavy (non-hydrogen) atoms. The minimum absolute atomic E-state index is 0.157. The molecule has 5 heteroatoms. The van der Waals surface area contributed by atoms with E-state index < -0.39 is 5.97 Å². The van der Waals surface area contributed by atoms with Crippen molar-refractivity contribution in [3.63, 3.8) is 0 Å². The van der Waals surface area contributed by atoms with E-state index in [1.165, 1.54) is 19.0 Å². The number of carboxylic acids is 1. The second-order valence-corrected chi connectivity index (χ2v) is 4.44. The summed E-state index contributed by atoms with van der Waals surface area (Å²) in [4.78, 5) is 14.8. The summed E-state index contributed by atoms with van der Waals surface area (Å²) in [6.45, 7) is 0. The van der Waals surface area contributed by atoms with E-state index in [2.05, 4.69) is 10.3 Å². The Morgan fingerprint density at radius 1 is 1.41 bits per heavy atom. The molecule has 1 fully saturated rings. The van der Waals surface area contributed by atoms with Crippen molar-refractivity contribution < 1.29 is 9.90 Å². The fourth-order valence-corrected chi connectivity index (χ4v) is 2.13. The lowest BCUT2D eigenvalue weighted by Gasteiger charge is -2.29. The van der Waals surface area contributed by atoms with Gasteiger partial charge in [-0.1, -0.05) is 12.8 Å². The first-order chi connectivity index (χ1) is 8.16. The number of carbonyl (C=O) groups is 1. The minimum Gasteiger partial charge on any atom is -0.478 e. The SMILES string of the molecule is NC1CCCCC1Nc1ccc(C(=O)O)cn1. The van der Waals surface area contributed by atoms with E-state index in [1.807, 2.05) is 0 Å². The van der Waals surface area contributed by atoms with Crippen LogP contribution in [-0.4, -0.2) is 28.1 Å². The summed E-state index contributed by atoms with van der Waals surface area (Å²) in [5.41, 5.74) is 6.22. The molecule has 1 saturated carbocycles. The lowest BCUT2D eigenvalue weighted by atomic mass is 9.91.